The van der Waals surface area contributed by atoms with E-state index in [1.54, 1.807) is 35.1 Å². The Morgan fingerprint density at radius 3 is 2.80 bits per heavy atom. The highest BCUT2D eigenvalue weighted by Gasteiger charge is 2.12. The molecule has 0 saturated carbocycles. The Hall–Kier alpha value is -2.76. The van der Waals surface area contributed by atoms with Gasteiger partial charge < -0.3 is 9.72 Å². The van der Waals surface area contributed by atoms with Crippen LogP contribution < -0.4 is 5.32 Å². The summed E-state index contributed by atoms with van der Waals surface area (Å²) in [5.41, 5.74) is 1.03. The number of imidazole rings is 1. The fourth-order valence-electron chi connectivity index (χ4n) is 1.90. The van der Waals surface area contributed by atoms with E-state index in [1.165, 1.54) is 6.07 Å². The van der Waals surface area contributed by atoms with Crippen molar-refractivity contribution in [2.75, 3.05) is 5.32 Å². The molecule has 2 aromatic heterocycles. The van der Waals surface area contributed by atoms with E-state index in [-0.39, 0.29) is 5.69 Å². The summed E-state index contributed by atoms with van der Waals surface area (Å²) in [5.74, 6) is -2.41. The molecule has 3 rings (SSSR count). The third kappa shape index (κ3) is 2.11. The zero-order valence-electron chi connectivity index (χ0n) is 10.2. The fourth-order valence-corrected chi connectivity index (χ4v) is 1.90. The summed E-state index contributed by atoms with van der Waals surface area (Å²) in [6, 6.07) is 6.49. The highest BCUT2D eigenvalue weighted by Crippen LogP contribution is 2.15. The van der Waals surface area contributed by atoms with E-state index in [2.05, 4.69) is 10.3 Å². The molecule has 3 aromatic rings. The van der Waals surface area contributed by atoms with Crippen molar-refractivity contribution in [1.29, 1.82) is 0 Å². The number of hydrogen-bond acceptors (Lipinski definition) is 2. The molecule has 0 fully saturated rings. The first kappa shape index (κ1) is 12.3. The number of nitrogens with zero attached hydrogens (tertiary/aromatic N) is 2. The van der Waals surface area contributed by atoms with Crippen LogP contribution >= 0.6 is 0 Å². The molecule has 1 amide bonds. The first-order valence-electron chi connectivity index (χ1n) is 5.83. The smallest absolute Gasteiger partial charge is 0.259 e. The zero-order chi connectivity index (χ0) is 14.1. The monoisotopic (exact) mass is 273 g/mol. The molecule has 0 aliphatic heterocycles. The Morgan fingerprint density at radius 1 is 1.15 bits per heavy atom. The van der Waals surface area contributed by atoms with Crippen LogP contribution in [0.4, 0.5) is 14.5 Å². The van der Waals surface area contributed by atoms with Crippen LogP contribution in [-0.4, -0.2) is 15.3 Å². The number of aromatic nitrogens is 2. The number of carbonyl (C=O) groups excluding carboxylic acids is 1. The lowest BCUT2D eigenvalue weighted by Gasteiger charge is -2.06. The van der Waals surface area contributed by atoms with Gasteiger partial charge in [0.15, 0.2) is 11.6 Å². The molecule has 0 radical (unpaired) electrons. The lowest BCUT2D eigenvalue weighted by atomic mass is 10.2. The first-order chi connectivity index (χ1) is 9.65. The van der Waals surface area contributed by atoms with Gasteiger partial charge in [0.1, 0.15) is 5.65 Å². The van der Waals surface area contributed by atoms with Crippen LogP contribution in [0.25, 0.3) is 5.65 Å². The van der Waals surface area contributed by atoms with Gasteiger partial charge in [0, 0.05) is 30.3 Å². The van der Waals surface area contributed by atoms with Crippen LogP contribution in [0.2, 0.25) is 0 Å². The molecule has 0 spiro atoms. The van der Waals surface area contributed by atoms with Crippen molar-refractivity contribution in [3.63, 3.8) is 0 Å². The van der Waals surface area contributed by atoms with E-state index in [9.17, 15) is 13.6 Å². The molecule has 0 aliphatic carbocycles. The van der Waals surface area contributed by atoms with Crippen LogP contribution in [0.15, 0.2) is 48.9 Å². The Morgan fingerprint density at radius 2 is 2.00 bits per heavy atom. The molecule has 100 valence electrons. The minimum Gasteiger partial charge on any atom is -0.322 e. The van der Waals surface area contributed by atoms with Crippen molar-refractivity contribution in [2.24, 2.45) is 0 Å². The predicted molar refractivity (Wildman–Crippen MR) is 69.5 cm³/mol. The van der Waals surface area contributed by atoms with E-state index in [4.69, 9.17) is 0 Å². The first-order valence-corrected chi connectivity index (χ1v) is 5.83. The van der Waals surface area contributed by atoms with E-state index in [0.29, 0.717) is 11.2 Å². The highest BCUT2D eigenvalue weighted by atomic mass is 19.2. The molecular formula is C14H9F2N3O. The quantitative estimate of drug-likeness (QED) is 0.780. The molecule has 6 heteroatoms. The average Bonchev–Trinajstić information content (AvgIpc) is 2.91. The molecule has 0 unspecified atom stereocenters. The van der Waals surface area contributed by atoms with Crippen LogP contribution in [0, 0.1) is 11.6 Å². The molecule has 2 heterocycles. The van der Waals surface area contributed by atoms with Crippen molar-refractivity contribution in [3.05, 3.63) is 66.1 Å². The number of hydrogen-bond donors (Lipinski definition) is 1. The van der Waals surface area contributed by atoms with E-state index in [1.807, 2.05) is 0 Å². The van der Waals surface area contributed by atoms with Gasteiger partial charge in [-0.1, -0.05) is 0 Å². The number of pyridine rings is 1. The van der Waals surface area contributed by atoms with Gasteiger partial charge in [-0.05, 0) is 24.3 Å². The second kappa shape index (κ2) is 4.73. The summed E-state index contributed by atoms with van der Waals surface area (Å²) in [4.78, 5) is 16.2. The summed E-state index contributed by atoms with van der Waals surface area (Å²) < 4.78 is 27.6. The largest absolute Gasteiger partial charge is 0.322 e. The summed E-state index contributed by atoms with van der Waals surface area (Å²) in [7, 11) is 0. The molecule has 0 saturated heterocycles. The highest BCUT2D eigenvalue weighted by molar-refractivity contribution is 6.08. The maximum Gasteiger partial charge on any atom is 0.259 e. The van der Waals surface area contributed by atoms with Crippen LogP contribution in [0.5, 0.6) is 0 Å². The van der Waals surface area contributed by atoms with Gasteiger partial charge in [0.05, 0.1) is 5.56 Å². The minimum absolute atomic E-state index is 0.183. The lowest BCUT2D eigenvalue weighted by molar-refractivity contribution is 0.102. The second-order valence-electron chi connectivity index (χ2n) is 4.16. The molecule has 1 aromatic carbocycles. The Kier molecular flexibility index (Phi) is 2.90. The number of anilines is 1. The Bertz CT molecular complexity index is 798. The Balaban J connectivity index is 1.93. The van der Waals surface area contributed by atoms with E-state index < -0.39 is 17.5 Å². The molecular weight excluding hydrogens is 264 g/mol. The molecule has 0 bridgehead atoms. The molecule has 1 N–H and O–H groups in total. The standard InChI is InChI=1S/C14H9F2N3O/c15-11-4-3-9(8-12(11)16)18-14(20)10-2-1-6-19-7-5-17-13(10)19/h1-8H,(H,18,20). The van der Waals surface area contributed by atoms with Crippen LogP contribution in [-0.2, 0) is 0 Å². The normalized spacial score (nSPS) is 10.7. The van der Waals surface area contributed by atoms with Crippen LogP contribution in [0.3, 0.4) is 0 Å². The van der Waals surface area contributed by atoms with Crippen molar-refractivity contribution in [3.8, 4) is 0 Å². The number of rotatable bonds is 2. The second-order valence-corrected chi connectivity index (χ2v) is 4.16. The number of benzene rings is 1. The van der Waals surface area contributed by atoms with Gasteiger partial charge in [0.25, 0.3) is 5.91 Å². The SMILES string of the molecule is O=C(Nc1ccc(F)c(F)c1)c1cccn2ccnc12. The predicted octanol–water partition coefficient (Wildman–Crippen LogP) is 2.86. The van der Waals surface area contributed by atoms with Gasteiger partial charge in [-0.15, -0.1) is 0 Å². The lowest BCUT2D eigenvalue weighted by Crippen LogP contribution is -2.13. The molecule has 0 atom stereocenters. The van der Waals surface area contributed by atoms with Gasteiger partial charge >= 0.3 is 0 Å². The third-order valence-electron chi connectivity index (χ3n) is 2.84. The van der Waals surface area contributed by atoms with Gasteiger partial charge in [-0.3, -0.25) is 4.79 Å². The topological polar surface area (TPSA) is 46.4 Å². The third-order valence-corrected chi connectivity index (χ3v) is 2.84. The molecule has 4 nitrogen and oxygen atoms in total. The Labute approximate surface area is 112 Å². The van der Waals surface area contributed by atoms with Crippen molar-refractivity contribution < 1.29 is 13.6 Å². The number of carbonyl (C=O) groups is 1. The number of fused-ring (bicyclic) bond motifs is 1. The number of nitrogens with one attached hydrogen (secondary N) is 1. The van der Waals surface area contributed by atoms with E-state index in [0.717, 1.165) is 12.1 Å². The molecule has 20 heavy (non-hydrogen) atoms. The van der Waals surface area contributed by atoms with E-state index >= 15 is 0 Å². The van der Waals surface area contributed by atoms with Crippen molar-refractivity contribution in [1.82, 2.24) is 9.38 Å². The van der Waals surface area contributed by atoms with Crippen molar-refractivity contribution >= 4 is 17.2 Å². The van der Waals surface area contributed by atoms with Crippen molar-refractivity contribution in [2.45, 2.75) is 0 Å². The minimum atomic E-state index is -1.01. The zero-order valence-corrected chi connectivity index (χ0v) is 10.2. The summed E-state index contributed by atoms with van der Waals surface area (Å²) in [6.45, 7) is 0. The van der Waals surface area contributed by atoms with Gasteiger partial charge in [0.2, 0.25) is 0 Å². The maximum atomic E-state index is 13.1. The van der Waals surface area contributed by atoms with Gasteiger partial charge in [-0.2, -0.15) is 0 Å². The van der Waals surface area contributed by atoms with Crippen LogP contribution in [0.1, 0.15) is 10.4 Å². The summed E-state index contributed by atoms with van der Waals surface area (Å²) in [5, 5.41) is 2.51. The maximum absolute atomic E-state index is 13.1. The molecule has 0 aliphatic rings. The van der Waals surface area contributed by atoms with Gasteiger partial charge in [-0.25, -0.2) is 13.8 Å². The fraction of sp³-hybridized carbons (Fsp3) is 0. The summed E-state index contributed by atoms with van der Waals surface area (Å²) in [6.07, 6.45) is 5.05. The summed E-state index contributed by atoms with van der Waals surface area (Å²) >= 11 is 0. The number of amides is 1. The number of halogens is 2. The average molecular weight is 273 g/mol.